The van der Waals surface area contributed by atoms with E-state index in [9.17, 15) is 9.90 Å². The number of carbonyl (C=O) groups is 1. The Balaban J connectivity index is 2.28. The molecule has 0 aliphatic carbocycles. The SMILES string of the molecule is Cn1cc(C#N)c(NC(=O)c2ccc(O)cc2O)n1. The van der Waals surface area contributed by atoms with Crippen molar-refractivity contribution in [1.29, 1.82) is 5.26 Å². The Morgan fingerprint density at radius 1 is 1.47 bits per heavy atom. The molecule has 96 valence electrons. The first-order chi connectivity index (χ1) is 9.01. The van der Waals surface area contributed by atoms with Crippen LogP contribution in [0.25, 0.3) is 0 Å². The largest absolute Gasteiger partial charge is 0.508 e. The summed E-state index contributed by atoms with van der Waals surface area (Å²) in [5.74, 6) is -1.01. The Morgan fingerprint density at radius 3 is 2.84 bits per heavy atom. The summed E-state index contributed by atoms with van der Waals surface area (Å²) < 4.78 is 1.39. The van der Waals surface area contributed by atoms with Gasteiger partial charge in [-0.05, 0) is 12.1 Å². The van der Waals surface area contributed by atoms with Crippen LogP contribution in [0.4, 0.5) is 5.82 Å². The number of hydrogen-bond donors (Lipinski definition) is 3. The first-order valence-electron chi connectivity index (χ1n) is 5.28. The molecule has 7 nitrogen and oxygen atoms in total. The van der Waals surface area contributed by atoms with Crippen LogP contribution in [-0.4, -0.2) is 25.9 Å². The molecule has 0 saturated heterocycles. The number of carbonyl (C=O) groups excluding carboxylic acids is 1. The van der Waals surface area contributed by atoms with Crippen molar-refractivity contribution in [1.82, 2.24) is 9.78 Å². The second-order valence-electron chi connectivity index (χ2n) is 3.83. The van der Waals surface area contributed by atoms with Gasteiger partial charge >= 0.3 is 0 Å². The molecule has 0 radical (unpaired) electrons. The maximum Gasteiger partial charge on any atom is 0.260 e. The summed E-state index contributed by atoms with van der Waals surface area (Å²) in [4.78, 5) is 11.9. The third kappa shape index (κ3) is 2.47. The van der Waals surface area contributed by atoms with Crippen LogP contribution in [0.2, 0.25) is 0 Å². The van der Waals surface area contributed by atoms with Crippen LogP contribution in [0.3, 0.4) is 0 Å². The molecule has 1 aromatic carbocycles. The minimum absolute atomic E-state index is 0.0210. The minimum Gasteiger partial charge on any atom is -0.508 e. The number of aromatic nitrogens is 2. The van der Waals surface area contributed by atoms with Gasteiger partial charge in [-0.2, -0.15) is 10.4 Å². The average Bonchev–Trinajstić information content (AvgIpc) is 2.69. The maximum atomic E-state index is 11.9. The lowest BCUT2D eigenvalue weighted by atomic mass is 10.2. The van der Waals surface area contributed by atoms with E-state index in [-0.39, 0.29) is 28.4 Å². The van der Waals surface area contributed by atoms with Gasteiger partial charge in [0.05, 0.1) is 5.56 Å². The molecule has 1 aromatic heterocycles. The summed E-state index contributed by atoms with van der Waals surface area (Å²) in [6.07, 6.45) is 1.46. The summed E-state index contributed by atoms with van der Waals surface area (Å²) in [5.41, 5.74) is 0.196. The number of phenolic OH excluding ortho intramolecular Hbond substituents is 2. The van der Waals surface area contributed by atoms with Gasteiger partial charge in [-0.15, -0.1) is 0 Å². The summed E-state index contributed by atoms with van der Waals surface area (Å²) in [6, 6.07) is 5.50. The van der Waals surface area contributed by atoms with Crippen LogP contribution < -0.4 is 5.32 Å². The van der Waals surface area contributed by atoms with Crippen molar-refractivity contribution in [3.8, 4) is 17.6 Å². The molecule has 0 bridgehead atoms. The smallest absolute Gasteiger partial charge is 0.260 e. The number of rotatable bonds is 2. The van der Waals surface area contributed by atoms with Gasteiger partial charge < -0.3 is 15.5 Å². The second kappa shape index (κ2) is 4.70. The fourth-order valence-corrected chi connectivity index (χ4v) is 1.55. The van der Waals surface area contributed by atoms with E-state index in [2.05, 4.69) is 10.4 Å². The minimum atomic E-state index is -0.618. The molecule has 0 atom stereocenters. The Hall–Kier alpha value is -3.01. The van der Waals surface area contributed by atoms with Crippen LogP contribution >= 0.6 is 0 Å². The van der Waals surface area contributed by atoms with Crippen LogP contribution in [0, 0.1) is 11.3 Å². The lowest BCUT2D eigenvalue weighted by Crippen LogP contribution is -2.13. The van der Waals surface area contributed by atoms with E-state index in [1.165, 1.54) is 23.0 Å². The second-order valence-corrected chi connectivity index (χ2v) is 3.83. The molecule has 0 aliphatic rings. The number of phenols is 2. The number of hydrogen-bond acceptors (Lipinski definition) is 5. The van der Waals surface area contributed by atoms with Gasteiger partial charge in [0.15, 0.2) is 5.82 Å². The fraction of sp³-hybridized carbons (Fsp3) is 0.0833. The van der Waals surface area contributed by atoms with E-state index in [1.807, 2.05) is 6.07 Å². The number of aromatic hydroxyl groups is 2. The molecule has 0 unspecified atom stereocenters. The molecule has 1 heterocycles. The van der Waals surface area contributed by atoms with E-state index in [0.717, 1.165) is 6.07 Å². The van der Waals surface area contributed by atoms with Crippen LogP contribution in [0.5, 0.6) is 11.5 Å². The number of aryl methyl sites for hydroxylation is 1. The van der Waals surface area contributed by atoms with Gasteiger partial charge in [-0.1, -0.05) is 0 Å². The number of nitrogens with one attached hydrogen (secondary N) is 1. The molecular weight excluding hydrogens is 248 g/mol. The molecule has 0 aliphatic heterocycles. The van der Waals surface area contributed by atoms with Gasteiger partial charge in [0.1, 0.15) is 23.1 Å². The molecule has 1 amide bonds. The van der Waals surface area contributed by atoms with Crippen LogP contribution in [-0.2, 0) is 7.05 Å². The van der Waals surface area contributed by atoms with E-state index in [4.69, 9.17) is 10.4 Å². The predicted molar refractivity (Wildman–Crippen MR) is 65.6 cm³/mol. The number of amides is 1. The number of nitriles is 1. The van der Waals surface area contributed by atoms with E-state index in [0.29, 0.717) is 0 Å². The fourth-order valence-electron chi connectivity index (χ4n) is 1.55. The topological polar surface area (TPSA) is 111 Å². The first-order valence-corrected chi connectivity index (χ1v) is 5.28. The van der Waals surface area contributed by atoms with E-state index < -0.39 is 5.91 Å². The van der Waals surface area contributed by atoms with E-state index in [1.54, 1.807) is 7.05 Å². The summed E-state index contributed by atoms with van der Waals surface area (Å²) >= 11 is 0. The number of nitrogens with zero attached hydrogens (tertiary/aromatic N) is 3. The Bertz CT molecular complexity index is 685. The van der Waals surface area contributed by atoms with Crippen molar-refractivity contribution in [2.45, 2.75) is 0 Å². The molecule has 0 fully saturated rings. The van der Waals surface area contributed by atoms with Crippen molar-refractivity contribution < 1.29 is 15.0 Å². The molecule has 2 aromatic rings. The quantitative estimate of drug-likeness (QED) is 0.742. The predicted octanol–water partition coefficient (Wildman–Crippen LogP) is 0.955. The highest BCUT2D eigenvalue weighted by atomic mass is 16.3. The highest BCUT2D eigenvalue weighted by molar-refractivity contribution is 6.06. The third-order valence-corrected chi connectivity index (χ3v) is 2.41. The molecule has 3 N–H and O–H groups in total. The number of benzene rings is 1. The highest BCUT2D eigenvalue weighted by Gasteiger charge is 2.15. The molecule has 0 spiro atoms. The first kappa shape index (κ1) is 12.4. The number of anilines is 1. The standard InChI is InChI=1S/C12H10N4O3/c1-16-6-7(5-13)11(15-16)14-12(19)9-3-2-8(17)4-10(9)18/h2-4,6,17-18H,1H3,(H,14,15,19). The maximum absolute atomic E-state index is 11.9. The Labute approximate surface area is 108 Å². The lowest BCUT2D eigenvalue weighted by molar-refractivity contribution is 0.102. The van der Waals surface area contributed by atoms with Crippen molar-refractivity contribution in [3.63, 3.8) is 0 Å². The normalized spacial score (nSPS) is 9.89. The zero-order chi connectivity index (χ0) is 14.0. The van der Waals surface area contributed by atoms with Gasteiger partial charge in [-0.25, -0.2) is 0 Å². The lowest BCUT2D eigenvalue weighted by Gasteiger charge is -2.05. The van der Waals surface area contributed by atoms with Gasteiger partial charge in [-0.3, -0.25) is 9.48 Å². The molecule has 7 heteroatoms. The Kier molecular flexibility index (Phi) is 3.08. The Morgan fingerprint density at radius 2 is 2.21 bits per heavy atom. The third-order valence-electron chi connectivity index (χ3n) is 2.41. The average molecular weight is 258 g/mol. The van der Waals surface area contributed by atoms with Crippen molar-refractivity contribution in [2.24, 2.45) is 7.05 Å². The summed E-state index contributed by atoms with van der Waals surface area (Å²) in [6.45, 7) is 0. The van der Waals surface area contributed by atoms with Crippen LogP contribution in [0.15, 0.2) is 24.4 Å². The molecule has 2 rings (SSSR count). The summed E-state index contributed by atoms with van der Waals surface area (Å²) in [7, 11) is 1.62. The van der Waals surface area contributed by atoms with E-state index >= 15 is 0 Å². The van der Waals surface area contributed by atoms with Gasteiger partial charge in [0.25, 0.3) is 5.91 Å². The molecule has 0 saturated carbocycles. The highest BCUT2D eigenvalue weighted by Crippen LogP contribution is 2.23. The molecular formula is C12H10N4O3. The van der Waals surface area contributed by atoms with Gasteiger partial charge in [0, 0.05) is 19.3 Å². The van der Waals surface area contributed by atoms with Gasteiger partial charge in [0.2, 0.25) is 0 Å². The van der Waals surface area contributed by atoms with Crippen molar-refractivity contribution >= 4 is 11.7 Å². The zero-order valence-corrected chi connectivity index (χ0v) is 9.95. The molecule has 19 heavy (non-hydrogen) atoms. The van der Waals surface area contributed by atoms with Crippen molar-refractivity contribution in [3.05, 3.63) is 35.5 Å². The monoisotopic (exact) mass is 258 g/mol. The zero-order valence-electron chi connectivity index (χ0n) is 9.95. The van der Waals surface area contributed by atoms with Crippen LogP contribution in [0.1, 0.15) is 15.9 Å². The summed E-state index contributed by atoms with van der Waals surface area (Å²) in [5, 5.41) is 33.9. The van der Waals surface area contributed by atoms with Crippen molar-refractivity contribution in [2.75, 3.05) is 5.32 Å².